The van der Waals surface area contributed by atoms with E-state index in [0.29, 0.717) is 12.3 Å². The maximum atomic E-state index is 11.8. The third-order valence-corrected chi connectivity index (χ3v) is 3.81. The van der Waals surface area contributed by atoms with Crippen LogP contribution in [0.2, 0.25) is 0 Å². The molecule has 2 atom stereocenters. The molecule has 0 aliphatic carbocycles. The molecule has 2 aliphatic heterocycles. The summed E-state index contributed by atoms with van der Waals surface area (Å²) in [6.45, 7) is 2.83. The van der Waals surface area contributed by atoms with E-state index in [2.05, 4.69) is 16.0 Å². The molecule has 5 nitrogen and oxygen atoms in total. The van der Waals surface area contributed by atoms with Crippen molar-refractivity contribution in [3.05, 3.63) is 0 Å². The van der Waals surface area contributed by atoms with Crippen molar-refractivity contribution in [2.24, 2.45) is 5.92 Å². The minimum Gasteiger partial charge on any atom is -0.354 e. The number of nitrogens with one attached hydrogen (secondary N) is 3. The second-order valence-electron chi connectivity index (χ2n) is 5.30. The summed E-state index contributed by atoms with van der Waals surface area (Å²) in [5.41, 5.74) is 0. The van der Waals surface area contributed by atoms with E-state index in [1.54, 1.807) is 0 Å². The van der Waals surface area contributed by atoms with Crippen molar-refractivity contribution in [2.45, 2.75) is 44.6 Å². The fourth-order valence-corrected chi connectivity index (χ4v) is 2.64. The van der Waals surface area contributed by atoms with Gasteiger partial charge in [-0.25, -0.2) is 0 Å². The molecule has 6 heteroatoms. The van der Waals surface area contributed by atoms with Gasteiger partial charge in [0.2, 0.25) is 11.8 Å². The Hall–Kier alpha value is -0.810. The molecule has 0 spiro atoms. The van der Waals surface area contributed by atoms with Gasteiger partial charge in [-0.2, -0.15) is 0 Å². The van der Waals surface area contributed by atoms with Crippen molar-refractivity contribution in [1.82, 2.24) is 16.0 Å². The van der Waals surface area contributed by atoms with E-state index in [1.807, 2.05) is 0 Å². The SMILES string of the molecule is Cl.O=C(CCC1CCNC1)NC1CCCCNC1=O. The first-order chi connectivity index (χ1) is 8.75. The number of amides is 2. The lowest BCUT2D eigenvalue weighted by atomic mass is 10.0. The molecule has 0 bridgehead atoms. The lowest BCUT2D eigenvalue weighted by Crippen LogP contribution is -2.45. The van der Waals surface area contributed by atoms with Crippen LogP contribution in [-0.2, 0) is 9.59 Å². The van der Waals surface area contributed by atoms with Gasteiger partial charge in [0.1, 0.15) is 6.04 Å². The van der Waals surface area contributed by atoms with Gasteiger partial charge in [-0.3, -0.25) is 9.59 Å². The highest BCUT2D eigenvalue weighted by Crippen LogP contribution is 2.14. The first-order valence-corrected chi connectivity index (χ1v) is 7.03. The Morgan fingerprint density at radius 1 is 1.26 bits per heavy atom. The molecule has 0 aromatic rings. The van der Waals surface area contributed by atoms with Crippen LogP contribution in [0.5, 0.6) is 0 Å². The average Bonchev–Trinajstić information content (AvgIpc) is 2.80. The maximum absolute atomic E-state index is 11.8. The van der Waals surface area contributed by atoms with Gasteiger partial charge in [0, 0.05) is 13.0 Å². The van der Waals surface area contributed by atoms with Gasteiger partial charge in [-0.15, -0.1) is 12.4 Å². The number of rotatable bonds is 4. The second kappa shape index (κ2) is 8.38. The summed E-state index contributed by atoms with van der Waals surface area (Å²) in [7, 11) is 0. The van der Waals surface area contributed by atoms with Crippen molar-refractivity contribution < 1.29 is 9.59 Å². The van der Waals surface area contributed by atoms with Gasteiger partial charge < -0.3 is 16.0 Å². The number of hydrogen-bond donors (Lipinski definition) is 3. The van der Waals surface area contributed by atoms with Crippen LogP contribution >= 0.6 is 12.4 Å². The highest BCUT2D eigenvalue weighted by Gasteiger charge is 2.23. The largest absolute Gasteiger partial charge is 0.354 e. The predicted octanol–water partition coefficient (Wildman–Crippen LogP) is 0.583. The van der Waals surface area contributed by atoms with Crippen LogP contribution in [0.3, 0.4) is 0 Å². The molecule has 3 N–H and O–H groups in total. The molecule has 0 aromatic heterocycles. The van der Waals surface area contributed by atoms with Crippen molar-refractivity contribution in [1.29, 1.82) is 0 Å². The molecule has 0 aromatic carbocycles. The van der Waals surface area contributed by atoms with Crippen LogP contribution in [0, 0.1) is 5.92 Å². The maximum Gasteiger partial charge on any atom is 0.242 e. The minimum atomic E-state index is -0.318. The fraction of sp³-hybridized carbons (Fsp3) is 0.846. The van der Waals surface area contributed by atoms with Crippen LogP contribution in [0.15, 0.2) is 0 Å². The van der Waals surface area contributed by atoms with Gasteiger partial charge in [0.25, 0.3) is 0 Å². The Balaban J connectivity index is 0.00000180. The third-order valence-electron chi connectivity index (χ3n) is 3.81. The van der Waals surface area contributed by atoms with Crippen LogP contribution in [-0.4, -0.2) is 37.5 Å². The molecular weight excluding hydrogens is 266 g/mol. The van der Waals surface area contributed by atoms with E-state index < -0.39 is 0 Å². The van der Waals surface area contributed by atoms with Gasteiger partial charge in [-0.05, 0) is 51.1 Å². The molecule has 2 heterocycles. The number of halogens is 1. The van der Waals surface area contributed by atoms with Crippen molar-refractivity contribution in [3.8, 4) is 0 Å². The smallest absolute Gasteiger partial charge is 0.242 e. The predicted molar refractivity (Wildman–Crippen MR) is 76.3 cm³/mol. The summed E-state index contributed by atoms with van der Waals surface area (Å²) >= 11 is 0. The second-order valence-corrected chi connectivity index (χ2v) is 5.30. The summed E-state index contributed by atoms with van der Waals surface area (Å²) in [5.74, 6) is 0.617. The van der Waals surface area contributed by atoms with Crippen LogP contribution in [0.25, 0.3) is 0 Å². The zero-order chi connectivity index (χ0) is 12.8. The molecule has 110 valence electrons. The molecule has 2 unspecified atom stereocenters. The summed E-state index contributed by atoms with van der Waals surface area (Å²) in [6, 6.07) is -0.318. The highest BCUT2D eigenvalue weighted by atomic mass is 35.5. The molecule has 0 saturated carbocycles. The zero-order valence-electron chi connectivity index (χ0n) is 11.2. The van der Waals surface area contributed by atoms with E-state index in [0.717, 1.165) is 51.7 Å². The van der Waals surface area contributed by atoms with E-state index in [-0.39, 0.29) is 30.3 Å². The monoisotopic (exact) mass is 289 g/mol. The quantitative estimate of drug-likeness (QED) is 0.709. The fourth-order valence-electron chi connectivity index (χ4n) is 2.64. The molecular formula is C13H24ClN3O2. The Labute approximate surface area is 120 Å². The zero-order valence-corrected chi connectivity index (χ0v) is 12.1. The Kier molecular flexibility index (Phi) is 7.16. The third kappa shape index (κ3) is 5.37. The standard InChI is InChI=1S/C13H23N3O2.ClH/c17-12(5-4-10-6-8-14-9-10)16-11-3-1-2-7-15-13(11)18;/h10-11,14H,1-9H2,(H,15,18)(H,16,17);1H. The van der Waals surface area contributed by atoms with Crippen molar-refractivity contribution in [2.75, 3.05) is 19.6 Å². The van der Waals surface area contributed by atoms with Gasteiger partial charge in [-0.1, -0.05) is 0 Å². The van der Waals surface area contributed by atoms with Crippen LogP contribution in [0.4, 0.5) is 0 Å². The number of carbonyl (C=O) groups is 2. The molecule has 2 rings (SSSR count). The van der Waals surface area contributed by atoms with Crippen LogP contribution in [0.1, 0.15) is 38.5 Å². The molecule has 19 heavy (non-hydrogen) atoms. The average molecular weight is 290 g/mol. The van der Waals surface area contributed by atoms with E-state index in [1.165, 1.54) is 0 Å². The Morgan fingerprint density at radius 2 is 2.11 bits per heavy atom. The Bertz CT molecular complexity index is 306. The van der Waals surface area contributed by atoms with Gasteiger partial charge >= 0.3 is 0 Å². The van der Waals surface area contributed by atoms with Gasteiger partial charge in [0.05, 0.1) is 0 Å². The summed E-state index contributed by atoms with van der Waals surface area (Å²) in [4.78, 5) is 23.5. The summed E-state index contributed by atoms with van der Waals surface area (Å²) in [5, 5.41) is 8.99. The van der Waals surface area contributed by atoms with Crippen molar-refractivity contribution >= 4 is 24.2 Å². The van der Waals surface area contributed by atoms with E-state index >= 15 is 0 Å². The number of hydrogen-bond acceptors (Lipinski definition) is 3. The topological polar surface area (TPSA) is 70.2 Å². The molecule has 2 amide bonds. The van der Waals surface area contributed by atoms with E-state index in [9.17, 15) is 9.59 Å². The van der Waals surface area contributed by atoms with Crippen molar-refractivity contribution in [3.63, 3.8) is 0 Å². The molecule has 2 saturated heterocycles. The normalized spacial score (nSPS) is 27.1. The lowest BCUT2D eigenvalue weighted by molar-refractivity contribution is -0.129. The van der Waals surface area contributed by atoms with Crippen LogP contribution < -0.4 is 16.0 Å². The van der Waals surface area contributed by atoms with Gasteiger partial charge in [0.15, 0.2) is 0 Å². The molecule has 2 fully saturated rings. The highest BCUT2D eigenvalue weighted by molar-refractivity contribution is 5.87. The Morgan fingerprint density at radius 3 is 2.84 bits per heavy atom. The minimum absolute atomic E-state index is 0. The summed E-state index contributed by atoms with van der Waals surface area (Å²) in [6.07, 6.45) is 5.39. The lowest BCUT2D eigenvalue weighted by Gasteiger charge is -2.15. The molecule has 2 aliphatic rings. The first kappa shape index (κ1) is 16.2. The molecule has 0 radical (unpaired) electrons. The first-order valence-electron chi connectivity index (χ1n) is 7.03. The van der Waals surface area contributed by atoms with E-state index in [4.69, 9.17) is 0 Å². The number of carbonyl (C=O) groups excluding carboxylic acids is 2. The summed E-state index contributed by atoms with van der Waals surface area (Å²) < 4.78 is 0.